The van der Waals surface area contributed by atoms with Crippen LogP contribution in [-0.2, 0) is 0 Å². The highest BCUT2D eigenvalue weighted by Crippen LogP contribution is 2.19. The third-order valence-electron chi connectivity index (χ3n) is 5.30. The van der Waals surface area contributed by atoms with E-state index < -0.39 is 0 Å². The summed E-state index contributed by atoms with van der Waals surface area (Å²) < 4.78 is 0. The number of carbonyl (C=O) groups excluding carboxylic acids is 3. The van der Waals surface area contributed by atoms with Gasteiger partial charge in [-0.15, -0.1) is 11.3 Å². The Balaban J connectivity index is 1.35. The number of para-hydroxylation sites is 1. The fourth-order valence-electron chi connectivity index (χ4n) is 3.63. The number of amides is 3. The summed E-state index contributed by atoms with van der Waals surface area (Å²) >= 11 is 1.36. The van der Waals surface area contributed by atoms with Crippen molar-refractivity contribution in [1.82, 2.24) is 10.2 Å². The summed E-state index contributed by atoms with van der Waals surface area (Å²) in [7, 11) is 0. The maximum absolute atomic E-state index is 12.9. The number of hydrogen-bond acceptors (Lipinski definition) is 4. The Hall–Kier alpha value is -3.45. The van der Waals surface area contributed by atoms with Gasteiger partial charge in [-0.05, 0) is 42.5 Å². The Bertz CT molecular complexity index is 1060. The normalized spacial score (nSPS) is 14.1. The van der Waals surface area contributed by atoms with Gasteiger partial charge in [0.25, 0.3) is 5.91 Å². The highest BCUT2D eigenvalue weighted by atomic mass is 32.1. The fraction of sp³-hybridized carbons (Fsp3) is 0.208. The van der Waals surface area contributed by atoms with Crippen molar-refractivity contribution in [3.05, 3.63) is 88.1 Å². The number of ketones is 1. The molecular weight excluding hydrogens is 410 g/mol. The van der Waals surface area contributed by atoms with Gasteiger partial charge in [0, 0.05) is 30.4 Å². The number of rotatable bonds is 5. The molecule has 0 aliphatic carbocycles. The number of nitrogens with one attached hydrogen (secondary N) is 2. The SMILES string of the molecule is O=C(NC1CCN(C(=O)Nc2ccccc2)CC1)c1ccccc1C(=O)c1cccs1. The minimum atomic E-state index is -0.257. The van der Waals surface area contributed by atoms with Crippen LogP contribution in [0, 0.1) is 0 Å². The monoisotopic (exact) mass is 433 g/mol. The molecule has 0 bridgehead atoms. The molecule has 1 aliphatic rings. The van der Waals surface area contributed by atoms with Gasteiger partial charge in [0.1, 0.15) is 0 Å². The summed E-state index contributed by atoms with van der Waals surface area (Å²) in [5.74, 6) is -0.402. The highest BCUT2D eigenvalue weighted by Gasteiger charge is 2.26. The molecule has 3 aromatic rings. The summed E-state index contributed by atoms with van der Waals surface area (Å²) in [6, 6.07) is 19.6. The Kier molecular flexibility index (Phi) is 6.43. The minimum Gasteiger partial charge on any atom is -0.349 e. The lowest BCUT2D eigenvalue weighted by Crippen LogP contribution is -2.47. The lowest BCUT2D eigenvalue weighted by atomic mass is 10.00. The maximum atomic E-state index is 12.9. The average molecular weight is 434 g/mol. The Morgan fingerprint density at radius 2 is 1.52 bits per heavy atom. The predicted octanol–water partition coefficient (Wildman–Crippen LogP) is 4.41. The van der Waals surface area contributed by atoms with Gasteiger partial charge in [-0.1, -0.05) is 42.5 Å². The van der Waals surface area contributed by atoms with Crippen molar-refractivity contribution in [2.45, 2.75) is 18.9 Å². The number of nitrogens with zero attached hydrogens (tertiary/aromatic N) is 1. The first-order valence-electron chi connectivity index (χ1n) is 10.2. The Morgan fingerprint density at radius 1 is 0.839 bits per heavy atom. The molecule has 0 spiro atoms. The Morgan fingerprint density at radius 3 is 2.19 bits per heavy atom. The molecule has 1 saturated heterocycles. The molecule has 0 saturated carbocycles. The van der Waals surface area contributed by atoms with Gasteiger partial charge in [0.2, 0.25) is 5.78 Å². The van der Waals surface area contributed by atoms with Crippen LogP contribution in [0.2, 0.25) is 0 Å². The maximum Gasteiger partial charge on any atom is 0.321 e. The van der Waals surface area contributed by atoms with Crippen LogP contribution in [0.5, 0.6) is 0 Å². The second-order valence-corrected chi connectivity index (χ2v) is 8.33. The van der Waals surface area contributed by atoms with E-state index in [0.717, 1.165) is 5.69 Å². The first-order valence-corrected chi connectivity index (χ1v) is 11.1. The smallest absolute Gasteiger partial charge is 0.321 e. The van der Waals surface area contributed by atoms with Crippen LogP contribution in [0.25, 0.3) is 0 Å². The standard InChI is InChI=1S/C24H23N3O3S/c28-22(21-11-6-16-31-21)19-9-4-5-10-20(19)23(29)25-18-12-14-27(15-13-18)24(30)26-17-7-2-1-3-8-17/h1-11,16,18H,12-15H2,(H,25,29)(H,26,30). The first-order chi connectivity index (χ1) is 15.1. The molecule has 7 heteroatoms. The molecule has 3 amide bonds. The zero-order valence-electron chi connectivity index (χ0n) is 16.9. The molecule has 1 fully saturated rings. The van der Waals surface area contributed by atoms with E-state index in [4.69, 9.17) is 0 Å². The summed E-state index contributed by atoms with van der Waals surface area (Å²) in [6.45, 7) is 1.11. The van der Waals surface area contributed by atoms with E-state index in [2.05, 4.69) is 10.6 Å². The summed E-state index contributed by atoms with van der Waals surface area (Å²) in [4.78, 5) is 40.5. The van der Waals surface area contributed by atoms with E-state index in [-0.39, 0.29) is 23.8 Å². The van der Waals surface area contributed by atoms with Crippen LogP contribution >= 0.6 is 11.3 Å². The number of piperidine rings is 1. The third-order valence-corrected chi connectivity index (χ3v) is 6.17. The Labute approximate surface area is 184 Å². The van der Waals surface area contributed by atoms with Crippen LogP contribution < -0.4 is 10.6 Å². The molecule has 1 aromatic heterocycles. The number of thiophene rings is 1. The molecule has 31 heavy (non-hydrogen) atoms. The number of benzene rings is 2. The second kappa shape index (κ2) is 9.57. The number of urea groups is 1. The van der Waals surface area contributed by atoms with Gasteiger partial charge in [-0.2, -0.15) is 0 Å². The van der Waals surface area contributed by atoms with Crippen molar-refractivity contribution in [2.24, 2.45) is 0 Å². The van der Waals surface area contributed by atoms with E-state index in [1.54, 1.807) is 35.2 Å². The van der Waals surface area contributed by atoms with E-state index in [1.807, 2.05) is 41.8 Å². The van der Waals surface area contributed by atoms with E-state index in [1.165, 1.54) is 11.3 Å². The van der Waals surface area contributed by atoms with Crippen LogP contribution in [0.4, 0.5) is 10.5 Å². The number of anilines is 1. The van der Waals surface area contributed by atoms with Gasteiger partial charge in [0.15, 0.2) is 0 Å². The molecule has 2 N–H and O–H groups in total. The molecule has 0 unspecified atom stereocenters. The summed E-state index contributed by atoms with van der Waals surface area (Å²) in [6.07, 6.45) is 1.32. The van der Waals surface area contributed by atoms with Crippen LogP contribution in [0.3, 0.4) is 0 Å². The molecule has 0 atom stereocenters. The highest BCUT2D eigenvalue weighted by molar-refractivity contribution is 7.12. The predicted molar refractivity (Wildman–Crippen MR) is 122 cm³/mol. The quantitative estimate of drug-likeness (QED) is 0.585. The average Bonchev–Trinajstić information content (AvgIpc) is 3.35. The number of likely N-dealkylation sites (tertiary alicyclic amines) is 1. The molecular formula is C24H23N3O3S. The summed E-state index contributed by atoms with van der Waals surface area (Å²) in [5, 5.41) is 7.77. The zero-order chi connectivity index (χ0) is 21.6. The van der Waals surface area contributed by atoms with Crippen molar-refractivity contribution < 1.29 is 14.4 Å². The zero-order valence-corrected chi connectivity index (χ0v) is 17.7. The second-order valence-electron chi connectivity index (χ2n) is 7.38. The van der Waals surface area contributed by atoms with Crippen molar-refractivity contribution in [2.75, 3.05) is 18.4 Å². The van der Waals surface area contributed by atoms with Crippen molar-refractivity contribution in [3.8, 4) is 0 Å². The van der Waals surface area contributed by atoms with Gasteiger partial charge in [-0.3, -0.25) is 9.59 Å². The number of carbonyl (C=O) groups is 3. The first kappa shape index (κ1) is 20.8. The lowest BCUT2D eigenvalue weighted by molar-refractivity contribution is 0.0910. The van der Waals surface area contributed by atoms with Gasteiger partial charge < -0.3 is 15.5 Å². The van der Waals surface area contributed by atoms with Gasteiger partial charge >= 0.3 is 6.03 Å². The third kappa shape index (κ3) is 5.00. The molecule has 0 radical (unpaired) electrons. The van der Waals surface area contributed by atoms with Crippen molar-refractivity contribution >= 4 is 34.7 Å². The number of hydrogen-bond donors (Lipinski definition) is 2. The van der Waals surface area contributed by atoms with E-state index >= 15 is 0 Å². The summed E-state index contributed by atoms with van der Waals surface area (Å²) in [5.41, 5.74) is 1.54. The molecule has 1 aliphatic heterocycles. The minimum absolute atomic E-state index is 0.0434. The molecule has 2 aromatic carbocycles. The lowest BCUT2D eigenvalue weighted by Gasteiger charge is -2.32. The molecule has 2 heterocycles. The van der Waals surface area contributed by atoms with Gasteiger partial charge in [-0.25, -0.2) is 4.79 Å². The largest absolute Gasteiger partial charge is 0.349 e. The van der Waals surface area contributed by atoms with Crippen LogP contribution in [0.1, 0.15) is 38.4 Å². The molecule has 6 nitrogen and oxygen atoms in total. The fourth-order valence-corrected chi connectivity index (χ4v) is 4.31. The molecule has 4 rings (SSSR count). The van der Waals surface area contributed by atoms with Crippen molar-refractivity contribution in [3.63, 3.8) is 0 Å². The topological polar surface area (TPSA) is 78.5 Å². The van der Waals surface area contributed by atoms with E-state index in [9.17, 15) is 14.4 Å². The van der Waals surface area contributed by atoms with Crippen molar-refractivity contribution in [1.29, 1.82) is 0 Å². The van der Waals surface area contributed by atoms with Gasteiger partial charge in [0.05, 0.1) is 10.4 Å². The van der Waals surface area contributed by atoms with Crippen LogP contribution in [-0.4, -0.2) is 41.8 Å². The van der Waals surface area contributed by atoms with Crippen LogP contribution in [0.15, 0.2) is 72.1 Å². The molecule has 158 valence electrons. The van der Waals surface area contributed by atoms with E-state index in [0.29, 0.717) is 41.9 Å².